The lowest BCUT2D eigenvalue weighted by molar-refractivity contribution is 0.171. The normalized spacial score (nSPS) is 13.2. The molecule has 2 aromatic heterocycles. The number of halogens is 1. The van der Waals surface area contributed by atoms with Crippen LogP contribution >= 0.6 is 23.4 Å². The van der Waals surface area contributed by atoms with Crippen molar-refractivity contribution in [2.75, 3.05) is 13.2 Å². The van der Waals surface area contributed by atoms with Gasteiger partial charge in [0, 0.05) is 22.9 Å². The molecule has 3 heterocycles. The summed E-state index contributed by atoms with van der Waals surface area (Å²) < 4.78 is 17.0. The molecule has 1 aliphatic rings. The molecular weight excluding hydrogens is 386 g/mol. The van der Waals surface area contributed by atoms with E-state index in [1.54, 1.807) is 0 Å². The van der Waals surface area contributed by atoms with Crippen molar-refractivity contribution in [1.82, 2.24) is 15.2 Å². The maximum atomic E-state index is 6.29. The zero-order valence-corrected chi connectivity index (χ0v) is 15.6. The Kier molecular flexibility index (Phi) is 4.18. The molecule has 136 valence electrons. The van der Waals surface area contributed by atoms with E-state index in [0.717, 1.165) is 22.0 Å². The fraction of sp³-hybridized carbons (Fsp3) is 0.158. The Hall–Kier alpha value is -2.64. The second-order valence-electron chi connectivity index (χ2n) is 6.01. The third-order valence-electron chi connectivity index (χ3n) is 4.25. The summed E-state index contributed by atoms with van der Waals surface area (Å²) in [4.78, 5) is 3.21. The predicted molar refractivity (Wildman–Crippen MR) is 104 cm³/mol. The van der Waals surface area contributed by atoms with Gasteiger partial charge in [0.05, 0.1) is 10.6 Å². The van der Waals surface area contributed by atoms with Gasteiger partial charge in [-0.25, -0.2) is 0 Å². The van der Waals surface area contributed by atoms with Crippen LogP contribution in [-0.2, 0) is 5.75 Å². The fourth-order valence-corrected chi connectivity index (χ4v) is 4.00. The highest BCUT2D eigenvalue weighted by Gasteiger charge is 2.18. The van der Waals surface area contributed by atoms with Crippen LogP contribution < -0.4 is 9.47 Å². The number of nitrogens with zero attached hydrogens (tertiary/aromatic N) is 2. The van der Waals surface area contributed by atoms with Crippen molar-refractivity contribution in [3.8, 4) is 23.0 Å². The number of aromatic nitrogens is 3. The molecule has 0 spiro atoms. The number of aromatic amines is 1. The van der Waals surface area contributed by atoms with Crippen LogP contribution in [0.5, 0.6) is 11.5 Å². The van der Waals surface area contributed by atoms with Crippen LogP contribution in [0.1, 0.15) is 5.56 Å². The highest BCUT2D eigenvalue weighted by Crippen LogP contribution is 2.39. The number of H-pyrrole nitrogens is 1. The highest BCUT2D eigenvalue weighted by atomic mass is 35.5. The Labute approximate surface area is 163 Å². The van der Waals surface area contributed by atoms with Crippen LogP contribution in [-0.4, -0.2) is 28.4 Å². The second-order valence-corrected chi connectivity index (χ2v) is 7.35. The first kappa shape index (κ1) is 16.5. The molecule has 0 saturated heterocycles. The van der Waals surface area contributed by atoms with Crippen LogP contribution in [0.2, 0.25) is 5.02 Å². The molecule has 1 N–H and O–H groups in total. The minimum atomic E-state index is 0.496. The van der Waals surface area contributed by atoms with Gasteiger partial charge in [0.25, 0.3) is 11.1 Å². The summed E-state index contributed by atoms with van der Waals surface area (Å²) in [6.45, 7) is 1.04. The third kappa shape index (κ3) is 3.13. The Morgan fingerprint density at radius 2 is 2.00 bits per heavy atom. The van der Waals surface area contributed by atoms with E-state index in [0.29, 0.717) is 46.6 Å². The lowest BCUT2D eigenvalue weighted by Crippen LogP contribution is -2.15. The lowest BCUT2D eigenvalue weighted by Gasteiger charge is -2.20. The topological polar surface area (TPSA) is 73.2 Å². The molecule has 0 fully saturated rings. The van der Waals surface area contributed by atoms with Crippen molar-refractivity contribution < 1.29 is 13.9 Å². The highest BCUT2D eigenvalue weighted by molar-refractivity contribution is 7.98. The van der Waals surface area contributed by atoms with Gasteiger partial charge in [0.1, 0.15) is 13.2 Å². The number of rotatable bonds is 4. The fourth-order valence-electron chi connectivity index (χ4n) is 3.02. The zero-order valence-electron chi connectivity index (χ0n) is 14.1. The summed E-state index contributed by atoms with van der Waals surface area (Å²) >= 11 is 7.74. The smallest absolute Gasteiger partial charge is 0.277 e. The van der Waals surface area contributed by atoms with Crippen LogP contribution in [0.4, 0.5) is 0 Å². The van der Waals surface area contributed by atoms with Crippen molar-refractivity contribution in [2.24, 2.45) is 0 Å². The van der Waals surface area contributed by atoms with E-state index < -0.39 is 0 Å². The lowest BCUT2D eigenvalue weighted by atomic mass is 10.2. The van der Waals surface area contributed by atoms with Gasteiger partial charge in [0.15, 0.2) is 11.5 Å². The molecule has 2 aromatic carbocycles. The average Bonchev–Trinajstić information content (AvgIpc) is 3.33. The van der Waals surface area contributed by atoms with E-state index in [1.165, 1.54) is 11.8 Å². The molecule has 0 unspecified atom stereocenters. The van der Waals surface area contributed by atoms with Gasteiger partial charge in [-0.15, -0.1) is 10.2 Å². The van der Waals surface area contributed by atoms with E-state index in [4.69, 9.17) is 25.5 Å². The van der Waals surface area contributed by atoms with Crippen LogP contribution in [0.25, 0.3) is 22.4 Å². The van der Waals surface area contributed by atoms with Gasteiger partial charge >= 0.3 is 0 Å². The van der Waals surface area contributed by atoms with Crippen LogP contribution in [0, 0.1) is 0 Å². The van der Waals surface area contributed by atoms with Crippen LogP contribution in [0.15, 0.2) is 52.2 Å². The van der Waals surface area contributed by atoms with Gasteiger partial charge < -0.3 is 18.9 Å². The molecule has 0 saturated carbocycles. The second kappa shape index (κ2) is 6.83. The number of para-hydroxylation sites is 1. The number of nitrogens with one attached hydrogen (secondary N) is 1. The molecule has 0 aliphatic carbocycles. The quantitative estimate of drug-likeness (QED) is 0.490. The number of fused-ring (bicyclic) bond motifs is 2. The standard InChI is InChI=1S/C19H14ClN3O3S/c20-14-7-11(8-16-17(14)25-6-5-24-16)10-27-19-23-22-18(26-19)13-9-21-15-4-2-1-3-12(13)15/h1-4,7-9,21H,5-6,10H2. The maximum absolute atomic E-state index is 6.29. The molecule has 6 nitrogen and oxygen atoms in total. The number of hydrogen-bond acceptors (Lipinski definition) is 6. The molecule has 27 heavy (non-hydrogen) atoms. The van der Waals surface area contributed by atoms with Crippen molar-refractivity contribution in [2.45, 2.75) is 11.0 Å². The maximum Gasteiger partial charge on any atom is 0.277 e. The van der Waals surface area contributed by atoms with E-state index in [-0.39, 0.29) is 0 Å². The minimum Gasteiger partial charge on any atom is -0.486 e. The zero-order chi connectivity index (χ0) is 18.2. The number of ether oxygens (including phenoxy) is 2. The van der Waals surface area contributed by atoms with Crippen molar-refractivity contribution >= 4 is 34.3 Å². The van der Waals surface area contributed by atoms with Gasteiger partial charge in [-0.2, -0.15) is 0 Å². The molecule has 4 aromatic rings. The predicted octanol–water partition coefficient (Wildman–Crippen LogP) is 4.93. The first-order valence-corrected chi connectivity index (χ1v) is 9.75. The van der Waals surface area contributed by atoms with E-state index in [9.17, 15) is 0 Å². The monoisotopic (exact) mass is 399 g/mol. The Morgan fingerprint density at radius 3 is 2.96 bits per heavy atom. The summed E-state index contributed by atoms with van der Waals surface area (Å²) in [5.74, 6) is 2.41. The third-order valence-corrected chi connectivity index (χ3v) is 5.42. The summed E-state index contributed by atoms with van der Waals surface area (Å²) in [5, 5.41) is 10.4. The van der Waals surface area contributed by atoms with E-state index in [2.05, 4.69) is 15.2 Å². The van der Waals surface area contributed by atoms with Gasteiger partial charge in [-0.1, -0.05) is 41.6 Å². The van der Waals surface area contributed by atoms with Gasteiger partial charge in [-0.3, -0.25) is 0 Å². The molecule has 8 heteroatoms. The molecule has 0 atom stereocenters. The first-order valence-electron chi connectivity index (χ1n) is 8.39. The van der Waals surface area contributed by atoms with Crippen LogP contribution in [0.3, 0.4) is 0 Å². The molecule has 0 bridgehead atoms. The molecular formula is C19H14ClN3O3S. The van der Waals surface area contributed by atoms with E-state index >= 15 is 0 Å². The largest absolute Gasteiger partial charge is 0.486 e. The number of hydrogen-bond donors (Lipinski definition) is 1. The summed E-state index contributed by atoms with van der Waals surface area (Å²) in [5.41, 5.74) is 2.93. The van der Waals surface area contributed by atoms with Crippen molar-refractivity contribution in [1.29, 1.82) is 0 Å². The molecule has 5 rings (SSSR count). The molecule has 1 aliphatic heterocycles. The van der Waals surface area contributed by atoms with Crippen molar-refractivity contribution in [3.05, 3.63) is 53.2 Å². The average molecular weight is 400 g/mol. The summed E-state index contributed by atoms with van der Waals surface area (Å²) in [6.07, 6.45) is 1.88. The number of thioether (sulfide) groups is 1. The molecule has 0 amide bonds. The Bertz CT molecular complexity index is 1120. The van der Waals surface area contributed by atoms with E-state index in [1.807, 2.05) is 42.6 Å². The van der Waals surface area contributed by atoms with Crippen molar-refractivity contribution in [3.63, 3.8) is 0 Å². The Balaban J connectivity index is 1.35. The molecule has 0 radical (unpaired) electrons. The first-order chi connectivity index (χ1) is 13.3. The minimum absolute atomic E-state index is 0.496. The summed E-state index contributed by atoms with van der Waals surface area (Å²) in [6, 6.07) is 11.8. The Morgan fingerprint density at radius 1 is 1.11 bits per heavy atom. The summed E-state index contributed by atoms with van der Waals surface area (Å²) in [7, 11) is 0. The SMILES string of the molecule is Clc1cc(CSc2nnc(-c3c[nH]c4ccccc34)o2)cc2c1OCCO2. The van der Waals surface area contributed by atoms with Gasteiger partial charge in [-0.05, 0) is 23.8 Å². The number of benzene rings is 2. The van der Waals surface area contributed by atoms with Gasteiger partial charge in [0.2, 0.25) is 0 Å².